The molecule has 0 aromatic heterocycles. The van der Waals surface area contributed by atoms with Crippen molar-refractivity contribution in [1.82, 2.24) is 4.72 Å². The maximum Gasteiger partial charge on any atom is 0.243 e. The molecule has 23 heavy (non-hydrogen) atoms. The standard InChI is InChI=1S/C14H10ClF2NO4S/c15-10-2-1-3-11(16)9(10)7-18-23(21,22)13-6-8(14(19)20)4-5-12(13)17/h1-6,18H,7H2,(H,19,20)/p-1. The maximum absolute atomic E-state index is 13.7. The second-order valence-electron chi connectivity index (χ2n) is 4.46. The third-order valence-corrected chi connectivity index (χ3v) is 4.73. The number of carboxylic acid groups (broad SMARTS) is 1. The summed E-state index contributed by atoms with van der Waals surface area (Å²) in [5.41, 5.74) is -0.620. The van der Waals surface area contributed by atoms with E-state index in [0.29, 0.717) is 12.1 Å². The van der Waals surface area contributed by atoms with Gasteiger partial charge in [0.2, 0.25) is 10.0 Å². The number of hydrogen-bond donors (Lipinski definition) is 1. The molecule has 0 unspecified atom stereocenters. The van der Waals surface area contributed by atoms with E-state index in [1.165, 1.54) is 12.1 Å². The molecule has 0 atom stereocenters. The molecule has 0 saturated carbocycles. The lowest BCUT2D eigenvalue weighted by Gasteiger charge is -2.11. The molecule has 0 spiro atoms. The summed E-state index contributed by atoms with van der Waals surface area (Å²) in [6.45, 7) is -0.525. The number of sulfonamides is 1. The molecule has 0 aliphatic heterocycles. The fourth-order valence-electron chi connectivity index (χ4n) is 1.78. The van der Waals surface area contributed by atoms with Crippen LogP contribution in [0, 0.1) is 11.6 Å². The molecule has 0 fully saturated rings. The normalized spacial score (nSPS) is 11.4. The van der Waals surface area contributed by atoms with Gasteiger partial charge in [0.15, 0.2) is 0 Å². The van der Waals surface area contributed by atoms with Crippen molar-refractivity contribution in [3.05, 3.63) is 64.2 Å². The molecule has 9 heteroatoms. The van der Waals surface area contributed by atoms with Crippen LogP contribution in [0.5, 0.6) is 0 Å². The van der Waals surface area contributed by atoms with Gasteiger partial charge < -0.3 is 9.90 Å². The van der Waals surface area contributed by atoms with Crippen molar-refractivity contribution in [2.24, 2.45) is 0 Å². The molecule has 0 bridgehead atoms. The maximum atomic E-state index is 13.7. The van der Waals surface area contributed by atoms with Crippen molar-refractivity contribution in [2.45, 2.75) is 11.4 Å². The fourth-order valence-corrected chi connectivity index (χ4v) is 3.11. The van der Waals surface area contributed by atoms with Crippen LogP contribution in [0.1, 0.15) is 15.9 Å². The highest BCUT2D eigenvalue weighted by Gasteiger charge is 2.21. The lowest BCUT2D eigenvalue weighted by molar-refractivity contribution is -0.255. The number of aromatic carboxylic acids is 1. The monoisotopic (exact) mass is 360 g/mol. The van der Waals surface area contributed by atoms with Crippen LogP contribution in [0.25, 0.3) is 0 Å². The SMILES string of the molecule is O=C([O-])c1ccc(F)c(S(=O)(=O)NCc2c(F)cccc2Cl)c1. The number of rotatable bonds is 5. The minimum atomic E-state index is -4.42. The topological polar surface area (TPSA) is 86.3 Å². The van der Waals surface area contributed by atoms with E-state index in [2.05, 4.69) is 0 Å². The first-order valence-corrected chi connectivity index (χ1v) is 8.02. The summed E-state index contributed by atoms with van der Waals surface area (Å²) in [4.78, 5) is 9.86. The second-order valence-corrected chi connectivity index (χ2v) is 6.60. The Bertz CT molecular complexity index is 851. The van der Waals surface area contributed by atoms with Crippen molar-refractivity contribution in [1.29, 1.82) is 0 Å². The molecule has 2 aromatic rings. The molecule has 1 N–H and O–H groups in total. The van der Waals surface area contributed by atoms with Crippen LogP contribution in [-0.2, 0) is 16.6 Å². The van der Waals surface area contributed by atoms with Gasteiger partial charge in [-0.1, -0.05) is 23.7 Å². The Morgan fingerprint density at radius 3 is 2.48 bits per heavy atom. The first-order valence-electron chi connectivity index (χ1n) is 6.16. The number of carboxylic acids is 1. The summed E-state index contributed by atoms with van der Waals surface area (Å²) >= 11 is 5.77. The van der Waals surface area contributed by atoms with Gasteiger partial charge in [0, 0.05) is 17.1 Å². The molecule has 0 saturated heterocycles. The van der Waals surface area contributed by atoms with Gasteiger partial charge in [0.05, 0.1) is 5.97 Å². The van der Waals surface area contributed by atoms with Gasteiger partial charge in [-0.3, -0.25) is 0 Å². The Morgan fingerprint density at radius 2 is 1.87 bits per heavy atom. The van der Waals surface area contributed by atoms with Crippen LogP contribution in [0.2, 0.25) is 5.02 Å². The van der Waals surface area contributed by atoms with E-state index in [0.717, 1.165) is 12.1 Å². The molecule has 5 nitrogen and oxygen atoms in total. The van der Waals surface area contributed by atoms with Crippen LogP contribution < -0.4 is 9.83 Å². The molecule has 0 heterocycles. The van der Waals surface area contributed by atoms with Crippen molar-refractivity contribution >= 4 is 27.6 Å². The lowest BCUT2D eigenvalue weighted by atomic mass is 10.2. The summed E-state index contributed by atoms with van der Waals surface area (Å²) < 4.78 is 53.4. The number of benzene rings is 2. The highest BCUT2D eigenvalue weighted by molar-refractivity contribution is 7.89. The molecule has 0 radical (unpaired) electrons. The van der Waals surface area contributed by atoms with Gasteiger partial charge in [-0.15, -0.1) is 0 Å². The Morgan fingerprint density at radius 1 is 1.17 bits per heavy atom. The van der Waals surface area contributed by atoms with E-state index >= 15 is 0 Å². The first kappa shape index (κ1) is 17.3. The Balaban J connectivity index is 2.33. The second kappa shape index (κ2) is 6.61. The third kappa shape index (κ3) is 3.84. The van der Waals surface area contributed by atoms with Gasteiger partial charge in [-0.05, 0) is 29.8 Å². The van der Waals surface area contributed by atoms with Crippen molar-refractivity contribution in [3.63, 3.8) is 0 Å². The van der Waals surface area contributed by atoms with Crippen LogP contribution in [0.15, 0.2) is 41.3 Å². The first-order chi connectivity index (χ1) is 10.7. The number of carbonyl (C=O) groups is 1. The number of nitrogens with one attached hydrogen (secondary N) is 1. The summed E-state index contributed by atoms with van der Waals surface area (Å²) in [5, 5.41) is 10.7. The van der Waals surface area contributed by atoms with Crippen molar-refractivity contribution < 1.29 is 27.1 Å². The van der Waals surface area contributed by atoms with Gasteiger partial charge >= 0.3 is 0 Å². The quantitative estimate of drug-likeness (QED) is 0.874. The average molecular weight is 361 g/mol. The minimum Gasteiger partial charge on any atom is -0.545 e. The van der Waals surface area contributed by atoms with Gasteiger partial charge in [-0.25, -0.2) is 21.9 Å². The highest BCUT2D eigenvalue weighted by atomic mass is 35.5. The Labute approximate surface area is 135 Å². The summed E-state index contributed by atoms with van der Waals surface area (Å²) in [5.74, 6) is -3.54. The molecular formula is C14H9ClF2NO4S-. The Kier molecular flexibility index (Phi) is 4.98. The van der Waals surface area contributed by atoms with Crippen LogP contribution in [0.3, 0.4) is 0 Å². The predicted octanol–water partition coefficient (Wildman–Crippen LogP) is 1.46. The third-order valence-electron chi connectivity index (χ3n) is 2.96. The molecule has 2 rings (SSSR count). The molecule has 0 aliphatic rings. The van der Waals surface area contributed by atoms with E-state index in [1.807, 2.05) is 4.72 Å². The lowest BCUT2D eigenvalue weighted by Crippen LogP contribution is -2.26. The number of carbonyl (C=O) groups excluding carboxylic acids is 1. The number of halogens is 3. The van der Waals surface area contributed by atoms with Crippen molar-refractivity contribution in [3.8, 4) is 0 Å². The highest BCUT2D eigenvalue weighted by Crippen LogP contribution is 2.21. The van der Waals surface area contributed by atoms with Crippen molar-refractivity contribution in [2.75, 3.05) is 0 Å². The summed E-state index contributed by atoms with van der Waals surface area (Å²) in [7, 11) is -4.42. The van der Waals surface area contributed by atoms with Crippen LogP contribution in [-0.4, -0.2) is 14.4 Å². The summed E-state index contributed by atoms with van der Waals surface area (Å²) in [6, 6.07) is 5.99. The number of hydrogen-bond acceptors (Lipinski definition) is 4. The van der Waals surface area contributed by atoms with Crippen LogP contribution in [0.4, 0.5) is 8.78 Å². The fraction of sp³-hybridized carbons (Fsp3) is 0.0714. The summed E-state index contributed by atoms with van der Waals surface area (Å²) in [6.07, 6.45) is 0. The zero-order valence-electron chi connectivity index (χ0n) is 11.3. The minimum absolute atomic E-state index is 0.00309. The molecule has 2 aromatic carbocycles. The zero-order valence-corrected chi connectivity index (χ0v) is 12.9. The van der Waals surface area contributed by atoms with E-state index < -0.39 is 44.6 Å². The molecular weight excluding hydrogens is 352 g/mol. The average Bonchev–Trinajstić information content (AvgIpc) is 2.46. The van der Waals surface area contributed by atoms with Gasteiger partial charge in [0.25, 0.3) is 0 Å². The van der Waals surface area contributed by atoms with E-state index in [9.17, 15) is 27.1 Å². The predicted molar refractivity (Wildman–Crippen MR) is 76.2 cm³/mol. The van der Waals surface area contributed by atoms with E-state index in [1.54, 1.807) is 0 Å². The molecule has 0 aliphatic carbocycles. The van der Waals surface area contributed by atoms with E-state index in [-0.39, 0.29) is 10.6 Å². The smallest absolute Gasteiger partial charge is 0.243 e. The van der Waals surface area contributed by atoms with Gasteiger partial charge in [0.1, 0.15) is 16.5 Å². The Hall–Kier alpha value is -2.03. The largest absolute Gasteiger partial charge is 0.545 e. The van der Waals surface area contributed by atoms with Crippen LogP contribution >= 0.6 is 11.6 Å². The molecule has 122 valence electrons. The molecule has 0 amide bonds. The van der Waals surface area contributed by atoms with Gasteiger partial charge in [-0.2, -0.15) is 0 Å². The zero-order chi connectivity index (χ0) is 17.2. The van der Waals surface area contributed by atoms with E-state index in [4.69, 9.17) is 11.6 Å².